The van der Waals surface area contributed by atoms with Crippen molar-refractivity contribution in [3.8, 4) is 11.8 Å². The second-order valence-corrected chi connectivity index (χ2v) is 2.98. The predicted octanol–water partition coefficient (Wildman–Crippen LogP) is 1.49. The van der Waals surface area contributed by atoms with Crippen LogP contribution in [0.4, 0.5) is 0 Å². The fourth-order valence-corrected chi connectivity index (χ4v) is 1.20. The van der Waals surface area contributed by atoms with E-state index >= 15 is 0 Å². The second-order valence-electron chi connectivity index (χ2n) is 2.98. The molecule has 1 rings (SSSR count). The highest BCUT2D eigenvalue weighted by molar-refractivity contribution is 5.02. The Morgan fingerprint density at radius 3 is 2.00 bits per heavy atom. The van der Waals surface area contributed by atoms with Crippen LogP contribution in [-0.2, 0) is 0 Å². The molecule has 0 spiro atoms. The number of hydrogen-bond donors (Lipinski definition) is 0. The molecule has 0 fully saturated rings. The van der Waals surface area contributed by atoms with Crippen LogP contribution in [0.5, 0.6) is 0 Å². The molecule has 0 N–H and O–H groups in total. The summed E-state index contributed by atoms with van der Waals surface area (Å²) >= 11 is 0. The van der Waals surface area contributed by atoms with Gasteiger partial charge in [0, 0.05) is 32.0 Å². The van der Waals surface area contributed by atoms with Crippen molar-refractivity contribution in [2.24, 2.45) is 0 Å². The van der Waals surface area contributed by atoms with E-state index in [2.05, 4.69) is 30.6 Å². The predicted molar refractivity (Wildman–Crippen MR) is 43.7 cm³/mol. The van der Waals surface area contributed by atoms with E-state index in [1.165, 1.54) is 0 Å². The van der Waals surface area contributed by atoms with Gasteiger partial charge in [-0.05, 0) is 13.8 Å². The van der Waals surface area contributed by atoms with Crippen molar-refractivity contribution < 1.29 is 0 Å². The first-order valence-electron chi connectivity index (χ1n) is 4.00. The molecule has 10 heavy (non-hydrogen) atoms. The zero-order valence-electron chi connectivity index (χ0n) is 6.85. The van der Waals surface area contributed by atoms with Crippen LogP contribution in [0.1, 0.15) is 26.7 Å². The molecule has 1 heterocycles. The Hall–Kier alpha value is -0.480. The standard InChI is InChI=1S/C9H15N/c1-9(2)10-7-5-3-4-6-8-10/h9H,5-8H2,1-2H3. The highest BCUT2D eigenvalue weighted by Gasteiger charge is 2.07. The molecule has 0 atom stereocenters. The van der Waals surface area contributed by atoms with E-state index in [0.717, 1.165) is 25.9 Å². The van der Waals surface area contributed by atoms with Crippen LogP contribution in [0, 0.1) is 11.8 Å². The van der Waals surface area contributed by atoms with Gasteiger partial charge in [0.1, 0.15) is 0 Å². The van der Waals surface area contributed by atoms with Crippen LogP contribution in [0.25, 0.3) is 0 Å². The highest BCUT2D eigenvalue weighted by Crippen LogP contribution is 2.02. The molecule has 0 aromatic carbocycles. The maximum Gasteiger partial charge on any atom is 0.0217 e. The summed E-state index contributed by atoms with van der Waals surface area (Å²) < 4.78 is 0. The lowest BCUT2D eigenvalue weighted by Gasteiger charge is -2.23. The maximum absolute atomic E-state index is 3.14. The molecule has 0 radical (unpaired) electrons. The summed E-state index contributed by atoms with van der Waals surface area (Å²) in [4.78, 5) is 2.47. The van der Waals surface area contributed by atoms with Gasteiger partial charge in [0.05, 0.1) is 0 Å². The van der Waals surface area contributed by atoms with Crippen molar-refractivity contribution in [1.82, 2.24) is 4.90 Å². The average Bonchev–Trinajstić information content (AvgIpc) is 2.12. The van der Waals surface area contributed by atoms with Gasteiger partial charge < -0.3 is 0 Å². The minimum atomic E-state index is 0.682. The third-order valence-corrected chi connectivity index (χ3v) is 1.90. The summed E-state index contributed by atoms with van der Waals surface area (Å²) in [6, 6.07) is 0.682. The molecule has 0 unspecified atom stereocenters. The molecule has 1 nitrogen and oxygen atoms in total. The Labute approximate surface area is 63.4 Å². The molecule has 1 aliphatic rings. The summed E-state index contributed by atoms with van der Waals surface area (Å²) in [5, 5.41) is 0. The molecule has 0 aromatic rings. The zero-order valence-corrected chi connectivity index (χ0v) is 6.85. The van der Waals surface area contributed by atoms with Crippen LogP contribution in [0.2, 0.25) is 0 Å². The third kappa shape index (κ3) is 2.04. The van der Waals surface area contributed by atoms with Crippen molar-refractivity contribution in [3.63, 3.8) is 0 Å². The van der Waals surface area contributed by atoms with Crippen LogP contribution in [0.15, 0.2) is 0 Å². The lowest BCUT2D eigenvalue weighted by Crippen LogP contribution is -2.31. The van der Waals surface area contributed by atoms with Gasteiger partial charge >= 0.3 is 0 Å². The Kier molecular flexibility index (Phi) is 2.77. The molecule has 0 saturated heterocycles. The van der Waals surface area contributed by atoms with Crippen molar-refractivity contribution in [3.05, 3.63) is 0 Å². The minimum absolute atomic E-state index is 0.682. The van der Waals surface area contributed by atoms with Gasteiger partial charge in [-0.3, -0.25) is 4.90 Å². The minimum Gasteiger partial charge on any atom is -0.299 e. The largest absolute Gasteiger partial charge is 0.299 e. The van der Waals surface area contributed by atoms with Crippen molar-refractivity contribution in [1.29, 1.82) is 0 Å². The second kappa shape index (κ2) is 3.63. The lowest BCUT2D eigenvalue weighted by atomic mass is 10.3. The van der Waals surface area contributed by atoms with Gasteiger partial charge in [0.25, 0.3) is 0 Å². The molecule has 1 heteroatoms. The number of rotatable bonds is 1. The molecular formula is C9H15N. The molecule has 1 aliphatic heterocycles. The Morgan fingerprint density at radius 1 is 1.10 bits per heavy atom. The third-order valence-electron chi connectivity index (χ3n) is 1.90. The van der Waals surface area contributed by atoms with E-state index in [-0.39, 0.29) is 0 Å². The zero-order chi connectivity index (χ0) is 7.40. The van der Waals surface area contributed by atoms with Gasteiger partial charge in [-0.2, -0.15) is 0 Å². The van der Waals surface area contributed by atoms with E-state index < -0.39 is 0 Å². The summed E-state index contributed by atoms with van der Waals surface area (Å²) in [5.74, 6) is 6.28. The first-order chi connectivity index (χ1) is 4.80. The van der Waals surface area contributed by atoms with Gasteiger partial charge in [-0.15, -0.1) is 11.8 Å². The Morgan fingerprint density at radius 2 is 1.60 bits per heavy atom. The first kappa shape index (κ1) is 7.63. The van der Waals surface area contributed by atoms with Crippen molar-refractivity contribution >= 4 is 0 Å². The topological polar surface area (TPSA) is 3.24 Å². The van der Waals surface area contributed by atoms with Crippen LogP contribution in [-0.4, -0.2) is 24.0 Å². The fourth-order valence-electron chi connectivity index (χ4n) is 1.20. The van der Waals surface area contributed by atoms with Crippen LogP contribution in [0.3, 0.4) is 0 Å². The van der Waals surface area contributed by atoms with Crippen molar-refractivity contribution in [2.45, 2.75) is 32.7 Å². The molecule has 0 aromatic heterocycles. The molecule has 0 aliphatic carbocycles. The lowest BCUT2D eigenvalue weighted by molar-refractivity contribution is 0.235. The van der Waals surface area contributed by atoms with E-state index in [1.54, 1.807) is 0 Å². The summed E-state index contributed by atoms with van der Waals surface area (Å²) in [7, 11) is 0. The van der Waals surface area contributed by atoms with Crippen molar-refractivity contribution in [2.75, 3.05) is 13.1 Å². The molecule has 0 amide bonds. The number of nitrogens with zero attached hydrogens (tertiary/aromatic N) is 1. The maximum atomic E-state index is 3.14. The fraction of sp³-hybridized carbons (Fsp3) is 0.778. The van der Waals surface area contributed by atoms with Crippen LogP contribution < -0.4 is 0 Å². The molecule has 56 valence electrons. The normalized spacial score (nSPS) is 19.9. The molecule has 0 saturated carbocycles. The van der Waals surface area contributed by atoms with Gasteiger partial charge in [0.2, 0.25) is 0 Å². The molecular weight excluding hydrogens is 122 g/mol. The van der Waals surface area contributed by atoms with Gasteiger partial charge in [-0.1, -0.05) is 0 Å². The van der Waals surface area contributed by atoms with Gasteiger partial charge in [0.15, 0.2) is 0 Å². The Bertz CT molecular complexity index is 138. The van der Waals surface area contributed by atoms with Crippen LogP contribution >= 0.6 is 0 Å². The average molecular weight is 137 g/mol. The molecule has 0 bridgehead atoms. The van der Waals surface area contributed by atoms with Gasteiger partial charge in [-0.25, -0.2) is 0 Å². The highest BCUT2D eigenvalue weighted by atomic mass is 15.1. The van der Waals surface area contributed by atoms with E-state index in [4.69, 9.17) is 0 Å². The summed E-state index contributed by atoms with van der Waals surface area (Å²) in [5.41, 5.74) is 0. The Balaban J connectivity index is 2.36. The monoisotopic (exact) mass is 137 g/mol. The SMILES string of the molecule is CC(C)N1CCC#CCC1. The van der Waals surface area contributed by atoms with E-state index in [0.29, 0.717) is 6.04 Å². The quantitative estimate of drug-likeness (QED) is 0.495. The smallest absolute Gasteiger partial charge is 0.0217 e. The summed E-state index contributed by atoms with van der Waals surface area (Å²) in [6.45, 7) is 6.80. The van der Waals surface area contributed by atoms with E-state index in [1.807, 2.05) is 0 Å². The first-order valence-corrected chi connectivity index (χ1v) is 4.00. The van der Waals surface area contributed by atoms with E-state index in [9.17, 15) is 0 Å². The number of hydrogen-bond acceptors (Lipinski definition) is 1. The summed E-state index contributed by atoms with van der Waals surface area (Å²) in [6.07, 6.45) is 2.11.